The van der Waals surface area contributed by atoms with Crippen LogP contribution >= 0.6 is 0 Å². The third kappa shape index (κ3) is 6.33. The lowest BCUT2D eigenvalue weighted by Crippen LogP contribution is -1.75. The SMILES string of the molecule is Fc1ccc(C=CC=Cc2ccc(C=CC=Cc3ccc(F)cc3)cc2)cc1. The Kier molecular flexibility index (Phi) is 6.86. The first-order valence-corrected chi connectivity index (χ1v) is 9.00. The van der Waals surface area contributed by atoms with Crippen LogP contribution in [0.3, 0.4) is 0 Å². The highest BCUT2D eigenvalue weighted by atomic mass is 19.1. The molecule has 0 fully saturated rings. The van der Waals surface area contributed by atoms with Gasteiger partial charge in [-0.1, -0.05) is 97.1 Å². The summed E-state index contributed by atoms with van der Waals surface area (Å²) in [6.07, 6.45) is 15.7. The van der Waals surface area contributed by atoms with E-state index in [0.717, 1.165) is 22.3 Å². The number of halogens is 2. The fraction of sp³-hybridized carbons (Fsp3) is 0. The Bertz CT molecular complexity index is 903. The van der Waals surface area contributed by atoms with Crippen molar-refractivity contribution in [2.45, 2.75) is 0 Å². The molecular weight excluding hydrogens is 350 g/mol. The van der Waals surface area contributed by atoms with Crippen LogP contribution in [0.5, 0.6) is 0 Å². The largest absolute Gasteiger partial charge is 0.207 e. The first-order valence-electron chi connectivity index (χ1n) is 9.00. The molecule has 0 aliphatic carbocycles. The van der Waals surface area contributed by atoms with E-state index in [1.54, 1.807) is 24.3 Å². The summed E-state index contributed by atoms with van der Waals surface area (Å²) >= 11 is 0. The van der Waals surface area contributed by atoms with Gasteiger partial charge in [-0.3, -0.25) is 0 Å². The van der Waals surface area contributed by atoms with E-state index in [1.807, 2.05) is 72.9 Å². The van der Waals surface area contributed by atoms with Gasteiger partial charge >= 0.3 is 0 Å². The molecule has 0 aromatic heterocycles. The summed E-state index contributed by atoms with van der Waals surface area (Å²) in [4.78, 5) is 0. The molecule has 3 aromatic carbocycles. The standard InChI is InChI=1S/C26H20F2/c27-25-17-13-23(14-18-25)7-3-1-5-21-9-11-22(12-10-21)6-2-4-8-24-15-19-26(28)20-16-24/h1-20H. The van der Waals surface area contributed by atoms with Crippen LogP contribution < -0.4 is 0 Å². The van der Waals surface area contributed by atoms with Crippen LogP contribution in [0.25, 0.3) is 24.3 Å². The lowest BCUT2D eigenvalue weighted by atomic mass is 10.1. The first kappa shape index (κ1) is 19.2. The Balaban J connectivity index is 1.52. The minimum absolute atomic E-state index is 0.229. The summed E-state index contributed by atoms with van der Waals surface area (Å²) in [5.41, 5.74) is 4.12. The van der Waals surface area contributed by atoms with E-state index in [9.17, 15) is 8.78 Å². The molecule has 3 rings (SSSR count). The van der Waals surface area contributed by atoms with Crippen molar-refractivity contribution in [1.82, 2.24) is 0 Å². The fourth-order valence-corrected chi connectivity index (χ4v) is 2.53. The molecule has 28 heavy (non-hydrogen) atoms. The summed E-state index contributed by atoms with van der Waals surface area (Å²) in [5, 5.41) is 0. The molecular formula is C26H20F2. The normalized spacial score (nSPS) is 12.1. The number of hydrogen-bond acceptors (Lipinski definition) is 0. The summed E-state index contributed by atoms with van der Waals surface area (Å²) in [6.45, 7) is 0. The monoisotopic (exact) mass is 370 g/mol. The predicted molar refractivity (Wildman–Crippen MR) is 115 cm³/mol. The van der Waals surface area contributed by atoms with Gasteiger partial charge in [0.25, 0.3) is 0 Å². The molecule has 2 heteroatoms. The summed E-state index contributed by atoms with van der Waals surface area (Å²) < 4.78 is 25.7. The molecule has 0 N–H and O–H groups in total. The average molecular weight is 370 g/mol. The maximum absolute atomic E-state index is 12.9. The minimum Gasteiger partial charge on any atom is -0.207 e. The highest BCUT2D eigenvalue weighted by Gasteiger charge is 1.90. The Labute approximate surface area is 164 Å². The van der Waals surface area contributed by atoms with Crippen molar-refractivity contribution in [3.05, 3.63) is 131 Å². The molecule has 0 bridgehead atoms. The van der Waals surface area contributed by atoms with Crippen LogP contribution in [0.4, 0.5) is 8.78 Å². The van der Waals surface area contributed by atoms with Crippen LogP contribution in [-0.2, 0) is 0 Å². The van der Waals surface area contributed by atoms with Crippen molar-refractivity contribution in [2.75, 3.05) is 0 Å². The Morgan fingerprint density at radius 3 is 0.821 bits per heavy atom. The fourth-order valence-electron chi connectivity index (χ4n) is 2.53. The summed E-state index contributed by atoms with van der Waals surface area (Å²) in [6, 6.07) is 21.0. The van der Waals surface area contributed by atoms with E-state index in [-0.39, 0.29) is 11.6 Å². The third-order valence-electron chi connectivity index (χ3n) is 4.05. The second-order valence-corrected chi connectivity index (χ2v) is 6.21. The van der Waals surface area contributed by atoms with Crippen molar-refractivity contribution < 1.29 is 8.78 Å². The molecule has 0 spiro atoms. The number of hydrogen-bond donors (Lipinski definition) is 0. The Hall–Kier alpha value is -3.52. The molecule has 0 aliphatic rings. The van der Waals surface area contributed by atoms with E-state index in [4.69, 9.17) is 0 Å². The lowest BCUT2D eigenvalue weighted by Gasteiger charge is -1.95. The van der Waals surface area contributed by atoms with Crippen molar-refractivity contribution in [3.8, 4) is 0 Å². The van der Waals surface area contributed by atoms with Gasteiger partial charge in [0.15, 0.2) is 0 Å². The zero-order valence-corrected chi connectivity index (χ0v) is 15.3. The molecule has 0 heterocycles. The van der Waals surface area contributed by atoms with Crippen molar-refractivity contribution in [3.63, 3.8) is 0 Å². The van der Waals surface area contributed by atoms with E-state index in [0.29, 0.717) is 0 Å². The maximum Gasteiger partial charge on any atom is 0.123 e. The summed E-state index contributed by atoms with van der Waals surface area (Å²) in [5.74, 6) is -0.458. The molecule has 0 radical (unpaired) electrons. The second-order valence-electron chi connectivity index (χ2n) is 6.21. The van der Waals surface area contributed by atoms with E-state index < -0.39 is 0 Å². The molecule has 0 aliphatic heterocycles. The summed E-state index contributed by atoms with van der Waals surface area (Å²) in [7, 11) is 0. The second kappa shape index (κ2) is 9.98. The van der Waals surface area contributed by atoms with Gasteiger partial charge in [-0.2, -0.15) is 0 Å². The van der Waals surface area contributed by atoms with E-state index >= 15 is 0 Å². The predicted octanol–water partition coefficient (Wildman–Crippen LogP) is 7.42. The molecule has 138 valence electrons. The molecule has 0 saturated heterocycles. The van der Waals surface area contributed by atoms with Crippen molar-refractivity contribution in [1.29, 1.82) is 0 Å². The van der Waals surface area contributed by atoms with Gasteiger partial charge in [-0.15, -0.1) is 0 Å². The molecule has 0 unspecified atom stereocenters. The van der Waals surface area contributed by atoms with Crippen LogP contribution in [0, 0.1) is 11.6 Å². The topological polar surface area (TPSA) is 0 Å². The molecule has 0 nitrogen and oxygen atoms in total. The van der Waals surface area contributed by atoms with Gasteiger partial charge < -0.3 is 0 Å². The van der Waals surface area contributed by atoms with E-state index in [1.165, 1.54) is 24.3 Å². The molecule has 3 aromatic rings. The smallest absolute Gasteiger partial charge is 0.123 e. The molecule has 0 amide bonds. The van der Waals surface area contributed by atoms with Gasteiger partial charge in [0.1, 0.15) is 11.6 Å². The van der Waals surface area contributed by atoms with Crippen molar-refractivity contribution >= 4 is 24.3 Å². The number of rotatable bonds is 6. The Morgan fingerprint density at radius 1 is 0.357 bits per heavy atom. The highest BCUT2D eigenvalue weighted by Crippen LogP contribution is 2.10. The van der Waals surface area contributed by atoms with Gasteiger partial charge in [-0.25, -0.2) is 8.78 Å². The third-order valence-corrected chi connectivity index (χ3v) is 4.05. The van der Waals surface area contributed by atoms with Gasteiger partial charge in [0.05, 0.1) is 0 Å². The van der Waals surface area contributed by atoms with E-state index in [2.05, 4.69) is 0 Å². The number of benzene rings is 3. The van der Waals surface area contributed by atoms with Crippen LogP contribution in [-0.4, -0.2) is 0 Å². The Morgan fingerprint density at radius 2 is 0.571 bits per heavy atom. The quantitative estimate of drug-likeness (QED) is 0.396. The zero-order valence-electron chi connectivity index (χ0n) is 15.3. The van der Waals surface area contributed by atoms with Crippen molar-refractivity contribution in [2.24, 2.45) is 0 Å². The van der Waals surface area contributed by atoms with Gasteiger partial charge in [-0.05, 0) is 46.5 Å². The molecule has 0 atom stereocenters. The number of allylic oxidation sites excluding steroid dienone is 4. The van der Waals surface area contributed by atoms with Crippen LogP contribution in [0.1, 0.15) is 22.3 Å². The van der Waals surface area contributed by atoms with Gasteiger partial charge in [0, 0.05) is 0 Å². The first-order chi connectivity index (χ1) is 13.7. The maximum atomic E-state index is 12.9. The lowest BCUT2D eigenvalue weighted by molar-refractivity contribution is 0.627. The minimum atomic E-state index is -0.229. The van der Waals surface area contributed by atoms with Gasteiger partial charge in [0.2, 0.25) is 0 Å². The zero-order chi connectivity index (χ0) is 19.6. The van der Waals surface area contributed by atoms with Crippen LogP contribution in [0.15, 0.2) is 97.1 Å². The average Bonchev–Trinajstić information content (AvgIpc) is 2.72. The van der Waals surface area contributed by atoms with Crippen LogP contribution in [0.2, 0.25) is 0 Å². The molecule has 0 saturated carbocycles. The highest BCUT2D eigenvalue weighted by molar-refractivity contribution is 5.61.